The van der Waals surface area contributed by atoms with E-state index in [1.165, 1.54) is 42.7 Å². The monoisotopic (exact) mass is 493 g/mol. The fourth-order valence-electron chi connectivity index (χ4n) is 5.66. The predicted molar refractivity (Wildman–Crippen MR) is 137 cm³/mol. The molecule has 3 fully saturated rings. The first-order valence-corrected chi connectivity index (χ1v) is 12.8. The summed E-state index contributed by atoms with van der Waals surface area (Å²) < 4.78 is 10.9. The summed E-state index contributed by atoms with van der Waals surface area (Å²) >= 11 is 0. The van der Waals surface area contributed by atoms with Crippen molar-refractivity contribution in [2.75, 3.05) is 38.8 Å². The topological polar surface area (TPSA) is 91.3 Å². The Bertz CT molecular complexity index is 1170. The van der Waals surface area contributed by atoms with Crippen LogP contribution in [0.2, 0.25) is 0 Å². The number of aromatic carboxylic acids is 1. The van der Waals surface area contributed by atoms with Gasteiger partial charge in [-0.2, -0.15) is 0 Å². The highest BCUT2D eigenvalue weighted by Crippen LogP contribution is 2.45. The van der Waals surface area contributed by atoms with Crippen LogP contribution in [0.15, 0.2) is 30.3 Å². The SMILES string of the molecule is CCc1cc(OC)c(C2CC2)cc1CN1CCC2(CC1)CN(c1ccc(C(=O)O)c(OC)c1)C(=O)N2. The lowest BCUT2D eigenvalue weighted by molar-refractivity contribution is 0.0693. The number of carboxylic acid groups (broad SMARTS) is 1. The van der Waals surface area contributed by atoms with Crippen molar-refractivity contribution in [2.45, 2.75) is 57.0 Å². The van der Waals surface area contributed by atoms with Crippen molar-refractivity contribution in [3.8, 4) is 11.5 Å². The number of anilines is 1. The van der Waals surface area contributed by atoms with Crippen LogP contribution in [-0.4, -0.2) is 61.4 Å². The molecule has 2 amide bonds. The first-order chi connectivity index (χ1) is 17.4. The standard InChI is InChI=1S/C28H35N3O5/c1-4-18-14-24(35-2)23(19-5-6-19)13-20(18)16-30-11-9-28(10-12-30)17-31(27(34)29-28)21-7-8-22(26(32)33)25(15-21)36-3/h7-8,13-15,19H,4-6,9-12,16-17H2,1-3H3,(H,29,34)(H,32,33). The summed E-state index contributed by atoms with van der Waals surface area (Å²) in [5, 5.41) is 12.6. The quantitative estimate of drug-likeness (QED) is 0.566. The molecule has 36 heavy (non-hydrogen) atoms. The number of rotatable bonds is 8. The lowest BCUT2D eigenvalue weighted by Gasteiger charge is -2.39. The molecule has 2 aliphatic heterocycles. The van der Waals surface area contributed by atoms with Gasteiger partial charge in [0.25, 0.3) is 0 Å². The minimum Gasteiger partial charge on any atom is -0.496 e. The fraction of sp³-hybridized carbons (Fsp3) is 0.500. The summed E-state index contributed by atoms with van der Waals surface area (Å²) in [6.07, 6.45) is 5.20. The number of nitrogens with one attached hydrogen (secondary N) is 1. The number of hydrogen-bond donors (Lipinski definition) is 2. The van der Waals surface area contributed by atoms with Gasteiger partial charge in [-0.1, -0.05) is 13.0 Å². The Labute approximate surface area is 212 Å². The Morgan fingerprint density at radius 1 is 1.08 bits per heavy atom. The summed E-state index contributed by atoms with van der Waals surface area (Å²) in [6, 6.07) is 9.25. The third-order valence-electron chi connectivity index (χ3n) is 7.96. The number of urea groups is 1. The molecule has 0 aromatic heterocycles. The van der Waals surface area contributed by atoms with Gasteiger partial charge in [0.1, 0.15) is 17.1 Å². The smallest absolute Gasteiger partial charge is 0.339 e. The molecule has 8 heteroatoms. The second kappa shape index (κ2) is 9.65. The van der Waals surface area contributed by atoms with E-state index in [1.54, 1.807) is 24.1 Å². The van der Waals surface area contributed by atoms with Gasteiger partial charge in [0.2, 0.25) is 0 Å². The van der Waals surface area contributed by atoms with E-state index in [4.69, 9.17) is 9.47 Å². The molecule has 0 unspecified atom stereocenters. The van der Waals surface area contributed by atoms with E-state index in [0.29, 0.717) is 18.2 Å². The Morgan fingerprint density at radius 3 is 2.42 bits per heavy atom. The van der Waals surface area contributed by atoms with Crippen molar-refractivity contribution in [3.05, 3.63) is 52.6 Å². The Kier molecular flexibility index (Phi) is 6.55. The molecule has 5 rings (SSSR count). The highest BCUT2D eigenvalue weighted by molar-refractivity contribution is 5.97. The normalized spacial score (nSPS) is 19.4. The van der Waals surface area contributed by atoms with Crippen LogP contribution in [0.4, 0.5) is 10.5 Å². The van der Waals surface area contributed by atoms with E-state index in [-0.39, 0.29) is 22.9 Å². The maximum atomic E-state index is 12.9. The van der Waals surface area contributed by atoms with Gasteiger partial charge in [-0.15, -0.1) is 0 Å². The summed E-state index contributed by atoms with van der Waals surface area (Å²) in [4.78, 5) is 28.5. The zero-order valence-corrected chi connectivity index (χ0v) is 21.3. The number of carbonyl (C=O) groups is 2. The molecule has 192 valence electrons. The molecule has 1 spiro atoms. The van der Waals surface area contributed by atoms with Crippen molar-refractivity contribution in [1.82, 2.24) is 10.2 Å². The van der Waals surface area contributed by atoms with E-state index in [1.807, 2.05) is 0 Å². The van der Waals surface area contributed by atoms with E-state index in [0.717, 1.165) is 44.6 Å². The van der Waals surface area contributed by atoms with Crippen molar-refractivity contribution in [2.24, 2.45) is 0 Å². The highest BCUT2D eigenvalue weighted by Gasteiger charge is 2.45. The number of amides is 2. The molecule has 3 aliphatic rings. The van der Waals surface area contributed by atoms with Crippen LogP contribution in [0.3, 0.4) is 0 Å². The van der Waals surface area contributed by atoms with Gasteiger partial charge in [0.05, 0.1) is 26.3 Å². The Hall–Kier alpha value is -3.26. The summed E-state index contributed by atoms with van der Waals surface area (Å²) in [7, 11) is 3.20. The molecule has 0 bridgehead atoms. The minimum atomic E-state index is -1.06. The number of piperidine rings is 1. The van der Waals surface area contributed by atoms with Gasteiger partial charge >= 0.3 is 12.0 Å². The largest absolute Gasteiger partial charge is 0.496 e. The number of likely N-dealkylation sites (tertiary alicyclic amines) is 1. The van der Waals surface area contributed by atoms with Gasteiger partial charge < -0.3 is 19.9 Å². The first-order valence-electron chi connectivity index (χ1n) is 12.8. The highest BCUT2D eigenvalue weighted by atomic mass is 16.5. The van der Waals surface area contributed by atoms with Crippen LogP contribution in [0.5, 0.6) is 11.5 Å². The average Bonchev–Trinajstić information content (AvgIpc) is 3.68. The minimum absolute atomic E-state index is 0.0821. The number of carbonyl (C=O) groups excluding carboxylic acids is 1. The fourth-order valence-corrected chi connectivity index (χ4v) is 5.66. The van der Waals surface area contributed by atoms with Gasteiger partial charge in [0, 0.05) is 31.4 Å². The third-order valence-corrected chi connectivity index (χ3v) is 7.96. The van der Waals surface area contributed by atoms with Gasteiger partial charge in [-0.25, -0.2) is 9.59 Å². The van der Waals surface area contributed by atoms with Crippen LogP contribution in [0.25, 0.3) is 0 Å². The second-order valence-corrected chi connectivity index (χ2v) is 10.3. The second-order valence-electron chi connectivity index (χ2n) is 10.3. The molecular formula is C28H35N3O5. The van der Waals surface area contributed by atoms with Crippen LogP contribution < -0.4 is 19.7 Å². The number of ether oxygens (including phenoxy) is 2. The van der Waals surface area contributed by atoms with Gasteiger partial charge in [-0.3, -0.25) is 9.80 Å². The van der Waals surface area contributed by atoms with Crippen LogP contribution in [-0.2, 0) is 13.0 Å². The predicted octanol–water partition coefficient (Wildman–Crippen LogP) is 4.41. The Balaban J connectivity index is 1.27. The molecule has 0 radical (unpaired) electrons. The maximum absolute atomic E-state index is 12.9. The molecule has 0 atom stereocenters. The van der Waals surface area contributed by atoms with E-state index >= 15 is 0 Å². The molecule has 2 aromatic carbocycles. The van der Waals surface area contributed by atoms with Crippen molar-refractivity contribution < 1.29 is 24.2 Å². The van der Waals surface area contributed by atoms with Crippen molar-refractivity contribution >= 4 is 17.7 Å². The zero-order valence-electron chi connectivity index (χ0n) is 21.3. The van der Waals surface area contributed by atoms with Crippen LogP contribution in [0, 0.1) is 0 Å². The van der Waals surface area contributed by atoms with E-state index < -0.39 is 5.97 Å². The van der Waals surface area contributed by atoms with Gasteiger partial charge in [-0.05, 0) is 72.9 Å². The number of aryl methyl sites for hydroxylation is 1. The molecular weight excluding hydrogens is 458 g/mol. The lowest BCUT2D eigenvalue weighted by Crippen LogP contribution is -2.52. The Morgan fingerprint density at radius 2 is 1.81 bits per heavy atom. The lowest BCUT2D eigenvalue weighted by atomic mass is 9.87. The van der Waals surface area contributed by atoms with Crippen molar-refractivity contribution in [1.29, 1.82) is 0 Å². The molecule has 2 N–H and O–H groups in total. The first kappa shape index (κ1) is 24.4. The van der Waals surface area contributed by atoms with Crippen molar-refractivity contribution in [3.63, 3.8) is 0 Å². The van der Waals surface area contributed by atoms with Crippen LogP contribution in [0.1, 0.15) is 65.6 Å². The molecule has 2 heterocycles. The third kappa shape index (κ3) is 4.62. The summed E-state index contributed by atoms with van der Waals surface area (Å²) in [5.74, 6) is 0.857. The molecule has 1 saturated carbocycles. The number of nitrogens with zero attached hydrogens (tertiary/aromatic N) is 2. The maximum Gasteiger partial charge on any atom is 0.339 e. The van der Waals surface area contributed by atoms with Crippen LogP contribution >= 0.6 is 0 Å². The van der Waals surface area contributed by atoms with E-state index in [9.17, 15) is 14.7 Å². The molecule has 8 nitrogen and oxygen atoms in total. The average molecular weight is 494 g/mol. The summed E-state index contributed by atoms with van der Waals surface area (Å²) in [5.41, 5.74) is 4.53. The molecule has 2 aromatic rings. The number of methoxy groups -OCH3 is 2. The molecule has 2 saturated heterocycles. The van der Waals surface area contributed by atoms with E-state index in [2.05, 4.69) is 29.3 Å². The zero-order chi connectivity index (χ0) is 25.4. The number of carboxylic acids is 1. The number of benzene rings is 2. The van der Waals surface area contributed by atoms with Gasteiger partial charge in [0.15, 0.2) is 0 Å². The number of hydrogen-bond acceptors (Lipinski definition) is 5. The summed E-state index contributed by atoms with van der Waals surface area (Å²) in [6.45, 7) is 5.48. The molecule has 1 aliphatic carbocycles.